The third-order valence-corrected chi connectivity index (χ3v) is 1.58. The van der Waals surface area contributed by atoms with Crippen LogP contribution < -0.4 is 5.73 Å². The summed E-state index contributed by atoms with van der Waals surface area (Å²) >= 11 is 0. The van der Waals surface area contributed by atoms with Gasteiger partial charge in [0, 0.05) is 6.54 Å². The van der Waals surface area contributed by atoms with E-state index in [1.807, 2.05) is 0 Å². The quantitative estimate of drug-likeness (QED) is 0.540. The first-order valence-electron chi connectivity index (χ1n) is 3.18. The Morgan fingerprint density at radius 2 is 2.38 bits per heavy atom. The van der Waals surface area contributed by atoms with Gasteiger partial charge in [0.2, 0.25) is 0 Å². The van der Waals surface area contributed by atoms with Crippen LogP contribution in [0.3, 0.4) is 0 Å². The standard InChI is InChI=1S/C6H13NO/c1-5-2-3-6(4-7)8-5/h5-6H,2-4,7H2,1H3/t5?,6-/m0/s1. The molecule has 48 valence electrons. The second-order valence-electron chi connectivity index (χ2n) is 2.38. The fourth-order valence-corrected chi connectivity index (χ4v) is 1.06. The zero-order valence-electron chi connectivity index (χ0n) is 5.26. The van der Waals surface area contributed by atoms with Gasteiger partial charge >= 0.3 is 0 Å². The van der Waals surface area contributed by atoms with Gasteiger partial charge in [-0.15, -0.1) is 0 Å². The maximum Gasteiger partial charge on any atom is 0.0701 e. The van der Waals surface area contributed by atoms with Crippen molar-refractivity contribution < 1.29 is 4.74 Å². The van der Waals surface area contributed by atoms with Gasteiger partial charge in [-0.25, -0.2) is 0 Å². The van der Waals surface area contributed by atoms with Crippen LogP contribution in [0.15, 0.2) is 0 Å². The average Bonchev–Trinajstić information content (AvgIpc) is 2.14. The molecule has 1 unspecified atom stereocenters. The molecule has 0 aromatic carbocycles. The molecule has 1 heterocycles. The molecule has 2 heteroatoms. The summed E-state index contributed by atoms with van der Waals surface area (Å²) in [4.78, 5) is 0. The van der Waals surface area contributed by atoms with E-state index in [4.69, 9.17) is 10.5 Å². The fraction of sp³-hybridized carbons (Fsp3) is 1.00. The van der Waals surface area contributed by atoms with E-state index in [9.17, 15) is 0 Å². The van der Waals surface area contributed by atoms with Crippen molar-refractivity contribution in [3.8, 4) is 0 Å². The molecule has 2 N–H and O–H groups in total. The lowest BCUT2D eigenvalue weighted by Crippen LogP contribution is -2.19. The Balaban J connectivity index is 2.22. The second kappa shape index (κ2) is 2.46. The van der Waals surface area contributed by atoms with Crippen molar-refractivity contribution >= 4 is 0 Å². The van der Waals surface area contributed by atoms with Gasteiger partial charge in [0.25, 0.3) is 0 Å². The third kappa shape index (κ3) is 1.20. The monoisotopic (exact) mass is 115 g/mol. The molecule has 0 aromatic heterocycles. The summed E-state index contributed by atoms with van der Waals surface area (Å²) in [5.74, 6) is 0. The van der Waals surface area contributed by atoms with Gasteiger partial charge < -0.3 is 10.5 Å². The summed E-state index contributed by atoms with van der Waals surface area (Å²) in [6.07, 6.45) is 3.13. The molecular formula is C6H13NO. The molecule has 1 aliphatic heterocycles. The summed E-state index contributed by atoms with van der Waals surface area (Å²) in [5, 5.41) is 0. The predicted molar refractivity (Wildman–Crippen MR) is 32.6 cm³/mol. The lowest BCUT2D eigenvalue weighted by atomic mass is 10.2. The molecule has 8 heavy (non-hydrogen) atoms. The summed E-state index contributed by atoms with van der Waals surface area (Å²) in [7, 11) is 0. The van der Waals surface area contributed by atoms with Crippen molar-refractivity contribution in [1.29, 1.82) is 0 Å². The van der Waals surface area contributed by atoms with Crippen LogP contribution in [0.1, 0.15) is 19.8 Å². The Morgan fingerprint density at radius 3 is 2.62 bits per heavy atom. The summed E-state index contributed by atoms with van der Waals surface area (Å²) < 4.78 is 5.39. The van der Waals surface area contributed by atoms with Crippen molar-refractivity contribution in [1.82, 2.24) is 0 Å². The highest BCUT2D eigenvalue weighted by Gasteiger charge is 2.19. The minimum absolute atomic E-state index is 0.352. The Labute approximate surface area is 50.0 Å². The van der Waals surface area contributed by atoms with Crippen LogP contribution in [0.2, 0.25) is 0 Å². The smallest absolute Gasteiger partial charge is 0.0701 e. The molecule has 0 bridgehead atoms. The highest BCUT2D eigenvalue weighted by Crippen LogP contribution is 2.17. The first kappa shape index (κ1) is 6.05. The Bertz CT molecular complexity index is 74.9. The van der Waals surface area contributed by atoms with Crippen molar-refractivity contribution in [2.24, 2.45) is 5.73 Å². The molecule has 0 spiro atoms. The first-order valence-corrected chi connectivity index (χ1v) is 3.18. The summed E-state index contributed by atoms with van der Waals surface area (Å²) in [5.41, 5.74) is 5.37. The molecule has 1 rings (SSSR count). The predicted octanol–water partition coefficient (Wildman–Crippen LogP) is 0.513. The van der Waals surface area contributed by atoms with Crippen LogP contribution in [0.4, 0.5) is 0 Å². The van der Waals surface area contributed by atoms with E-state index in [1.165, 1.54) is 6.42 Å². The molecular weight excluding hydrogens is 102 g/mol. The Kier molecular flexibility index (Phi) is 1.86. The molecule has 1 saturated heterocycles. The SMILES string of the molecule is CC1CC[C@@H](CN)O1. The highest BCUT2D eigenvalue weighted by molar-refractivity contribution is 4.70. The third-order valence-electron chi connectivity index (χ3n) is 1.58. The van der Waals surface area contributed by atoms with E-state index in [-0.39, 0.29) is 0 Å². The normalized spacial score (nSPS) is 38.2. The van der Waals surface area contributed by atoms with Crippen molar-refractivity contribution in [3.05, 3.63) is 0 Å². The minimum atomic E-state index is 0.352. The zero-order chi connectivity index (χ0) is 5.98. The van der Waals surface area contributed by atoms with Crippen LogP contribution in [-0.4, -0.2) is 18.8 Å². The Morgan fingerprint density at radius 1 is 1.62 bits per heavy atom. The van der Waals surface area contributed by atoms with E-state index in [0.29, 0.717) is 18.8 Å². The largest absolute Gasteiger partial charge is 0.374 e. The van der Waals surface area contributed by atoms with Crippen LogP contribution >= 0.6 is 0 Å². The molecule has 0 radical (unpaired) electrons. The molecule has 0 amide bonds. The number of hydrogen-bond donors (Lipinski definition) is 1. The lowest BCUT2D eigenvalue weighted by molar-refractivity contribution is 0.0612. The topological polar surface area (TPSA) is 35.2 Å². The molecule has 0 saturated carbocycles. The number of hydrogen-bond acceptors (Lipinski definition) is 2. The van der Waals surface area contributed by atoms with Crippen LogP contribution in [-0.2, 0) is 4.74 Å². The number of nitrogens with two attached hydrogens (primary N) is 1. The van der Waals surface area contributed by atoms with E-state index in [0.717, 1.165) is 6.42 Å². The van der Waals surface area contributed by atoms with Gasteiger partial charge in [0.1, 0.15) is 0 Å². The summed E-state index contributed by atoms with van der Waals surface area (Å²) in [6.45, 7) is 2.78. The number of ether oxygens (including phenoxy) is 1. The van der Waals surface area contributed by atoms with Gasteiger partial charge in [-0.05, 0) is 19.8 Å². The molecule has 0 aromatic rings. The molecule has 2 nitrogen and oxygen atoms in total. The van der Waals surface area contributed by atoms with Gasteiger partial charge in [0.05, 0.1) is 12.2 Å². The molecule has 2 atom stereocenters. The van der Waals surface area contributed by atoms with Gasteiger partial charge in [0.15, 0.2) is 0 Å². The zero-order valence-corrected chi connectivity index (χ0v) is 5.26. The maximum atomic E-state index is 5.39. The average molecular weight is 115 g/mol. The lowest BCUT2D eigenvalue weighted by Gasteiger charge is -2.05. The first-order chi connectivity index (χ1) is 3.83. The van der Waals surface area contributed by atoms with E-state index in [1.54, 1.807) is 0 Å². The Hall–Kier alpha value is -0.0800. The van der Waals surface area contributed by atoms with Crippen molar-refractivity contribution in [2.75, 3.05) is 6.54 Å². The van der Waals surface area contributed by atoms with Crippen LogP contribution in [0.5, 0.6) is 0 Å². The van der Waals surface area contributed by atoms with Gasteiger partial charge in [-0.3, -0.25) is 0 Å². The summed E-state index contributed by atoms with van der Waals surface area (Å²) in [6, 6.07) is 0. The van der Waals surface area contributed by atoms with E-state index in [2.05, 4.69) is 6.92 Å². The van der Waals surface area contributed by atoms with E-state index >= 15 is 0 Å². The van der Waals surface area contributed by atoms with Crippen LogP contribution in [0.25, 0.3) is 0 Å². The fourth-order valence-electron chi connectivity index (χ4n) is 1.06. The number of rotatable bonds is 1. The van der Waals surface area contributed by atoms with Crippen LogP contribution in [0, 0.1) is 0 Å². The minimum Gasteiger partial charge on any atom is -0.374 e. The van der Waals surface area contributed by atoms with Crippen molar-refractivity contribution in [2.45, 2.75) is 32.0 Å². The molecule has 0 aliphatic carbocycles. The van der Waals surface area contributed by atoms with E-state index < -0.39 is 0 Å². The molecule has 1 fully saturated rings. The second-order valence-corrected chi connectivity index (χ2v) is 2.38. The van der Waals surface area contributed by atoms with Gasteiger partial charge in [-0.2, -0.15) is 0 Å². The highest BCUT2D eigenvalue weighted by atomic mass is 16.5. The van der Waals surface area contributed by atoms with Gasteiger partial charge in [-0.1, -0.05) is 0 Å². The maximum absolute atomic E-state index is 5.39. The molecule has 1 aliphatic rings. The van der Waals surface area contributed by atoms with Crippen molar-refractivity contribution in [3.63, 3.8) is 0 Å².